The minimum absolute atomic E-state index is 0.0504. The Bertz CT molecular complexity index is 1020. The van der Waals surface area contributed by atoms with Crippen LogP contribution in [0.1, 0.15) is 6.92 Å². The molecule has 0 fully saturated rings. The monoisotopic (exact) mass is 491 g/mol. The van der Waals surface area contributed by atoms with E-state index in [9.17, 15) is 35.2 Å². The average Bonchev–Trinajstić information content (AvgIpc) is 2.61. The molecule has 0 bridgehead atoms. The van der Waals surface area contributed by atoms with Crippen molar-refractivity contribution in [1.29, 1.82) is 0 Å². The summed E-state index contributed by atoms with van der Waals surface area (Å²) >= 11 is 2.91. The first-order valence-corrected chi connectivity index (χ1v) is 9.78. The van der Waals surface area contributed by atoms with Crippen LogP contribution in [-0.4, -0.2) is 47.8 Å². The van der Waals surface area contributed by atoms with E-state index < -0.39 is 40.0 Å². The maximum Gasteiger partial charge on any atom is 0.456 e. The van der Waals surface area contributed by atoms with Crippen molar-refractivity contribution in [3.05, 3.63) is 33.3 Å². The summed E-state index contributed by atoms with van der Waals surface area (Å²) in [5, 5.41) is 0. The van der Waals surface area contributed by atoms with Crippen molar-refractivity contribution in [2.75, 3.05) is 12.4 Å². The molecule has 0 aromatic carbocycles. The summed E-state index contributed by atoms with van der Waals surface area (Å²) in [4.78, 5) is 21.1. The lowest BCUT2D eigenvalue weighted by Gasteiger charge is -2.19. The van der Waals surface area contributed by atoms with Crippen LogP contribution in [0.2, 0.25) is 0 Å². The van der Waals surface area contributed by atoms with Crippen LogP contribution in [0.3, 0.4) is 0 Å². The van der Waals surface area contributed by atoms with Gasteiger partial charge in [-0.15, -0.1) is 0 Å². The highest BCUT2D eigenvalue weighted by Crippen LogP contribution is 2.35. The quantitative estimate of drug-likeness (QED) is 0.623. The molecular weight excluding hydrogens is 481 g/mol. The lowest BCUT2D eigenvalue weighted by Crippen LogP contribution is -2.41. The summed E-state index contributed by atoms with van der Waals surface area (Å²) in [6, 6.07) is 1.07. The second-order valence-electron chi connectivity index (χ2n) is 5.32. The number of nitrogens with zero attached hydrogens (tertiary/aromatic N) is 2. The number of ether oxygens (including phenoxy) is 1. The molecule has 0 saturated carbocycles. The fourth-order valence-corrected chi connectivity index (χ4v) is 3.40. The Morgan fingerprint density at radius 3 is 2.32 bits per heavy atom. The van der Waals surface area contributed by atoms with Crippen LogP contribution in [0.15, 0.2) is 32.6 Å². The second-order valence-corrected chi connectivity index (χ2v) is 8.42. The number of rotatable bonds is 6. The van der Waals surface area contributed by atoms with Crippen LogP contribution >= 0.6 is 15.9 Å². The third kappa shape index (κ3) is 4.66. The van der Waals surface area contributed by atoms with E-state index in [1.54, 1.807) is 0 Å². The molecule has 0 aliphatic heterocycles. The normalized spacial score (nSPS) is 12.8. The highest BCUT2D eigenvalue weighted by Gasteiger charge is 2.58. The average molecular weight is 492 g/mol. The topological polar surface area (TPSA) is 102 Å². The summed E-state index contributed by atoms with van der Waals surface area (Å²) in [5.41, 5.74) is -1.04. The van der Waals surface area contributed by atoms with E-state index in [0.717, 1.165) is 18.5 Å². The van der Waals surface area contributed by atoms with Gasteiger partial charge in [0.15, 0.2) is 16.4 Å². The minimum atomic E-state index is -5.79. The number of hydrogen-bond acceptors (Lipinski definition) is 6. The Kier molecular flexibility index (Phi) is 6.13. The SMILES string of the molecule is CCS(=O)(=O)c1cc(Br)c(=O)[nH]c1-c1cnc(OCC(F)(F)C(F)(F)F)cn1. The third-order valence-electron chi connectivity index (χ3n) is 3.38. The van der Waals surface area contributed by atoms with E-state index in [-0.39, 0.29) is 26.5 Å². The molecule has 0 aliphatic rings. The Balaban J connectivity index is 2.37. The van der Waals surface area contributed by atoms with E-state index in [1.807, 2.05) is 0 Å². The summed E-state index contributed by atoms with van der Waals surface area (Å²) in [5.74, 6) is -6.03. The van der Waals surface area contributed by atoms with Gasteiger partial charge in [0.05, 0.1) is 33.2 Å². The zero-order valence-corrected chi connectivity index (χ0v) is 16.3. The molecule has 0 spiro atoms. The molecule has 2 aromatic rings. The molecule has 7 nitrogen and oxygen atoms in total. The van der Waals surface area contributed by atoms with Gasteiger partial charge in [-0.1, -0.05) is 6.92 Å². The van der Waals surface area contributed by atoms with Gasteiger partial charge in [0.1, 0.15) is 5.69 Å². The van der Waals surface area contributed by atoms with E-state index in [1.165, 1.54) is 6.92 Å². The molecule has 0 amide bonds. The van der Waals surface area contributed by atoms with E-state index in [2.05, 4.69) is 35.6 Å². The largest absolute Gasteiger partial charge is 0.470 e. The highest BCUT2D eigenvalue weighted by molar-refractivity contribution is 9.10. The number of pyridine rings is 1. The zero-order valence-electron chi connectivity index (χ0n) is 13.8. The van der Waals surface area contributed by atoms with Gasteiger partial charge in [-0.05, 0) is 22.0 Å². The molecule has 0 saturated heterocycles. The van der Waals surface area contributed by atoms with Crippen LogP contribution in [0.4, 0.5) is 22.0 Å². The van der Waals surface area contributed by atoms with Crippen molar-refractivity contribution in [2.45, 2.75) is 23.9 Å². The lowest BCUT2D eigenvalue weighted by molar-refractivity contribution is -0.290. The molecule has 0 radical (unpaired) electrons. The molecule has 28 heavy (non-hydrogen) atoms. The predicted molar refractivity (Wildman–Crippen MR) is 90.0 cm³/mol. The predicted octanol–water partition coefficient (Wildman–Crippen LogP) is 2.96. The highest BCUT2D eigenvalue weighted by atomic mass is 79.9. The van der Waals surface area contributed by atoms with Gasteiger partial charge in [-0.3, -0.25) is 4.79 Å². The van der Waals surface area contributed by atoms with Crippen molar-refractivity contribution in [1.82, 2.24) is 15.0 Å². The van der Waals surface area contributed by atoms with Crippen molar-refractivity contribution < 1.29 is 35.1 Å². The molecule has 2 heterocycles. The van der Waals surface area contributed by atoms with Crippen LogP contribution in [0, 0.1) is 0 Å². The number of hydrogen-bond donors (Lipinski definition) is 1. The van der Waals surface area contributed by atoms with Crippen molar-refractivity contribution in [2.24, 2.45) is 0 Å². The molecular formula is C14H11BrF5N3O4S. The number of aromatic nitrogens is 3. The first-order chi connectivity index (χ1) is 12.8. The summed E-state index contributed by atoms with van der Waals surface area (Å²) in [6.07, 6.45) is -4.19. The fourth-order valence-electron chi connectivity index (χ4n) is 1.84. The smallest absolute Gasteiger partial charge is 0.456 e. The van der Waals surface area contributed by atoms with Crippen LogP contribution < -0.4 is 10.3 Å². The van der Waals surface area contributed by atoms with Crippen LogP contribution in [0.25, 0.3) is 11.4 Å². The molecule has 1 N–H and O–H groups in total. The number of halogens is 6. The van der Waals surface area contributed by atoms with Crippen LogP contribution in [-0.2, 0) is 9.84 Å². The van der Waals surface area contributed by atoms with Gasteiger partial charge < -0.3 is 9.72 Å². The number of sulfone groups is 1. The maximum atomic E-state index is 12.9. The second kappa shape index (κ2) is 7.73. The number of aromatic amines is 1. The van der Waals surface area contributed by atoms with E-state index in [4.69, 9.17) is 0 Å². The van der Waals surface area contributed by atoms with Crippen molar-refractivity contribution in [3.8, 4) is 17.3 Å². The Morgan fingerprint density at radius 2 is 1.82 bits per heavy atom. The molecule has 14 heteroatoms. The number of nitrogens with one attached hydrogen (secondary N) is 1. The summed E-state index contributed by atoms with van der Waals surface area (Å²) in [6.45, 7) is -0.628. The maximum absolute atomic E-state index is 12.9. The fraction of sp³-hybridized carbons (Fsp3) is 0.357. The molecule has 154 valence electrons. The summed E-state index contributed by atoms with van der Waals surface area (Å²) in [7, 11) is -3.80. The number of H-pyrrole nitrogens is 1. The molecule has 2 rings (SSSR count). The van der Waals surface area contributed by atoms with Gasteiger partial charge in [0.25, 0.3) is 5.56 Å². The Morgan fingerprint density at radius 1 is 1.18 bits per heavy atom. The molecule has 2 aromatic heterocycles. The first kappa shape index (κ1) is 22.2. The van der Waals surface area contributed by atoms with Gasteiger partial charge >= 0.3 is 12.1 Å². The molecule has 0 atom stereocenters. The van der Waals surface area contributed by atoms with Gasteiger partial charge in [0, 0.05) is 0 Å². The van der Waals surface area contributed by atoms with Gasteiger partial charge in [-0.25, -0.2) is 18.4 Å². The zero-order chi connectivity index (χ0) is 21.3. The standard InChI is InChI=1S/C14H11BrF5N3O4S/c1-2-28(25,26)9-3-7(15)12(24)23-11(9)8-4-22-10(5-21-8)27-6-13(16,17)14(18,19)20/h3-5H,2,6H2,1H3,(H,23,24). The Labute approximate surface area is 163 Å². The molecule has 0 unspecified atom stereocenters. The third-order valence-corrected chi connectivity index (χ3v) is 5.72. The lowest BCUT2D eigenvalue weighted by atomic mass is 10.3. The minimum Gasteiger partial charge on any atom is -0.470 e. The van der Waals surface area contributed by atoms with Gasteiger partial charge in [-0.2, -0.15) is 22.0 Å². The van der Waals surface area contributed by atoms with Crippen molar-refractivity contribution in [3.63, 3.8) is 0 Å². The van der Waals surface area contributed by atoms with E-state index in [0.29, 0.717) is 0 Å². The number of alkyl halides is 5. The Hall–Kier alpha value is -2.09. The first-order valence-electron chi connectivity index (χ1n) is 7.34. The van der Waals surface area contributed by atoms with Crippen molar-refractivity contribution >= 4 is 25.8 Å². The van der Waals surface area contributed by atoms with E-state index >= 15 is 0 Å². The van der Waals surface area contributed by atoms with Crippen LogP contribution in [0.5, 0.6) is 5.88 Å². The summed E-state index contributed by atoms with van der Waals surface area (Å²) < 4.78 is 90.8. The molecule has 0 aliphatic carbocycles. The van der Waals surface area contributed by atoms with Gasteiger partial charge in [0.2, 0.25) is 5.88 Å².